The van der Waals surface area contributed by atoms with E-state index >= 15 is 0 Å². The Morgan fingerprint density at radius 3 is 1.12 bits per heavy atom. The fraction of sp³-hybridized carbons (Fsp3) is 0.375. The third-order valence-corrected chi connectivity index (χ3v) is 7.33. The third kappa shape index (κ3) is 6.33. The largest absolute Gasteiger partial charge is 0.504 e. The number of allylic oxidation sites excluding steroid dienone is 2. The zero-order chi connectivity index (χ0) is 29.7. The van der Waals surface area contributed by atoms with Gasteiger partial charge >= 0.3 is 11.9 Å². The van der Waals surface area contributed by atoms with E-state index in [2.05, 4.69) is 0 Å². The lowest BCUT2D eigenvalue weighted by atomic mass is 9.75. The number of Topliss-reactive ketones (excluding diaryl/α,β-unsaturated/α-hetero) is 2. The van der Waals surface area contributed by atoms with Gasteiger partial charge in [-0.2, -0.15) is 0 Å². The molecule has 0 bridgehead atoms. The number of esters is 2. The summed E-state index contributed by atoms with van der Waals surface area (Å²) in [5.41, 5.74) is 2.21. The summed E-state index contributed by atoms with van der Waals surface area (Å²) in [4.78, 5) is 51.9. The quantitative estimate of drug-likeness (QED) is 0.286. The lowest BCUT2D eigenvalue weighted by molar-refractivity contribution is -0.142. The summed E-state index contributed by atoms with van der Waals surface area (Å²) in [7, 11) is 2.39. The second-order valence-corrected chi connectivity index (χ2v) is 10.5. The van der Waals surface area contributed by atoms with Crippen molar-refractivity contribution >= 4 is 23.5 Å². The van der Waals surface area contributed by atoms with Gasteiger partial charge in [0.2, 0.25) is 11.6 Å². The molecule has 0 aromatic heterocycles. The minimum absolute atomic E-state index is 0.231. The van der Waals surface area contributed by atoms with E-state index in [1.807, 2.05) is 52.0 Å². The Kier molecular flexibility index (Phi) is 9.69. The molecule has 0 spiro atoms. The van der Waals surface area contributed by atoms with Crippen LogP contribution >= 0.6 is 0 Å². The zero-order valence-corrected chi connectivity index (χ0v) is 23.7. The van der Waals surface area contributed by atoms with Crippen molar-refractivity contribution in [1.82, 2.24) is 0 Å². The third-order valence-electron chi connectivity index (χ3n) is 7.33. The van der Waals surface area contributed by atoms with Crippen LogP contribution in [0.15, 0.2) is 71.2 Å². The summed E-state index contributed by atoms with van der Waals surface area (Å²) < 4.78 is 9.63. The number of ether oxygens (including phenoxy) is 2. The average Bonchev–Trinajstić information content (AvgIpc) is 2.95. The van der Waals surface area contributed by atoms with Gasteiger partial charge in [-0.3, -0.25) is 19.2 Å². The first-order chi connectivity index (χ1) is 18.9. The van der Waals surface area contributed by atoms with Gasteiger partial charge in [0.25, 0.3) is 0 Å². The molecule has 2 atom stereocenters. The van der Waals surface area contributed by atoms with Gasteiger partial charge in [-0.05, 0) is 34.1 Å². The number of methoxy groups -OCH3 is 2. The molecule has 8 heteroatoms. The Bertz CT molecular complexity index is 1240. The topological polar surface area (TPSA) is 127 Å². The Morgan fingerprint density at radius 2 is 0.875 bits per heavy atom. The predicted molar refractivity (Wildman–Crippen MR) is 149 cm³/mol. The fourth-order valence-corrected chi connectivity index (χ4v) is 4.86. The minimum atomic E-state index is -1.06. The maximum absolute atomic E-state index is 13.6. The summed E-state index contributed by atoms with van der Waals surface area (Å²) in [6, 6.07) is 14.2. The predicted octanol–water partition coefficient (Wildman–Crippen LogP) is 5.70. The highest BCUT2D eigenvalue weighted by Crippen LogP contribution is 2.41. The van der Waals surface area contributed by atoms with Crippen molar-refractivity contribution in [2.24, 2.45) is 0 Å². The van der Waals surface area contributed by atoms with Gasteiger partial charge in [0.1, 0.15) is 0 Å². The fourth-order valence-electron chi connectivity index (χ4n) is 4.86. The second-order valence-electron chi connectivity index (χ2n) is 10.5. The van der Waals surface area contributed by atoms with E-state index in [0.29, 0.717) is 11.1 Å². The van der Waals surface area contributed by atoms with Crippen LogP contribution in [-0.2, 0) is 28.7 Å². The average molecular weight is 549 g/mol. The monoisotopic (exact) mass is 548 g/mol. The molecule has 1 aliphatic rings. The first kappa shape index (κ1) is 30.3. The molecule has 0 aliphatic heterocycles. The van der Waals surface area contributed by atoms with Crippen molar-refractivity contribution in [3.63, 3.8) is 0 Å². The van der Waals surface area contributed by atoms with E-state index in [1.165, 1.54) is 14.2 Å². The van der Waals surface area contributed by atoms with Crippen LogP contribution in [0, 0.1) is 0 Å². The highest BCUT2D eigenvalue weighted by molar-refractivity contribution is 6.24. The van der Waals surface area contributed by atoms with Gasteiger partial charge in [0.15, 0.2) is 11.5 Å². The Morgan fingerprint density at radius 1 is 0.600 bits per heavy atom. The van der Waals surface area contributed by atoms with Crippen LogP contribution in [0.1, 0.15) is 86.5 Å². The summed E-state index contributed by atoms with van der Waals surface area (Å²) >= 11 is 0. The van der Waals surface area contributed by atoms with E-state index in [4.69, 9.17) is 9.47 Å². The van der Waals surface area contributed by atoms with Crippen LogP contribution in [0.25, 0.3) is 0 Å². The molecule has 8 nitrogen and oxygen atoms in total. The summed E-state index contributed by atoms with van der Waals surface area (Å²) in [5, 5.41) is 22.3. The molecular formula is C32H36O8. The maximum Gasteiger partial charge on any atom is 0.306 e. The van der Waals surface area contributed by atoms with Crippen LogP contribution in [0.5, 0.6) is 0 Å². The molecule has 0 amide bonds. The summed E-state index contributed by atoms with van der Waals surface area (Å²) in [5.74, 6) is -6.74. The Balaban J connectivity index is 2.13. The van der Waals surface area contributed by atoms with Crippen LogP contribution < -0.4 is 0 Å². The first-order valence-corrected chi connectivity index (χ1v) is 13.2. The van der Waals surface area contributed by atoms with E-state index in [0.717, 1.165) is 11.1 Å². The molecule has 2 unspecified atom stereocenters. The van der Waals surface area contributed by atoms with E-state index in [1.54, 1.807) is 24.3 Å². The van der Waals surface area contributed by atoms with E-state index in [-0.39, 0.29) is 24.7 Å². The molecule has 2 aromatic carbocycles. The summed E-state index contributed by atoms with van der Waals surface area (Å²) in [6.45, 7) is 8.07. The number of hydrogen-bond donors (Lipinski definition) is 2. The Hall–Kier alpha value is -4.20. The van der Waals surface area contributed by atoms with Gasteiger partial charge < -0.3 is 19.7 Å². The number of rotatable bonds is 10. The lowest BCUT2D eigenvalue weighted by Crippen LogP contribution is -2.31. The van der Waals surface area contributed by atoms with E-state index < -0.39 is 58.0 Å². The van der Waals surface area contributed by atoms with Crippen LogP contribution in [0.4, 0.5) is 0 Å². The number of aliphatic hydroxyl groups excluding tert-OH is 2. The molecule has 40 heavy (non-hydrogen) atoms. The van der Waals surface area contributed by atoms with Crippen LogP contribution in [0.3, 0.4) is 0 Å². The highest BCUT2D eigenvalue weighted by atomic mass is 16.5. The molecule has 3 rings (SSSR count). The summed E-state index contributed by atoms with van der Waals surface area (Å²) in [6.07, 6.45) is -0.693. The number of carbonyl (C=O) groups excluding carboxylic acids is 4. The number of aliphatic hydroxyl groups is 2. The molecular weight excluding hydrogens is 512 g/mol. The van der Waals surface area contributed by atoms with Gasteiger partial charge in [-0.25, -0.2) is 0 Å². The van der Waals surface area contributed by atoms with Crippen molar-refractivity contribution in [3.05, 3.63) is 93.4 Å². The highest BCUT2D eigenvalue weighted by Gasteiger charge is 2.43. The molecule has 0 heterocycles. The first-order valence-electron chi connectivity index (χ1n) is 13.2. The molecule has 2 aromatic rings. The molecule has 2 N–H and O–H groups in total. The number of carbonyl (C=O) groups is 4. The van der Waals surface area contributed by atoms with E-state index in [9.17, 15) is 29.4 Å². The lowest BCUT2D eigenvalue weighted by Gasteiger charge is -2.27. The van der Waals surface area contributed by atoms with Crippen molar-refractivity contribution < 1.29 is 38.9 Å². The van der Waals surface area contributed by atoms with Crippen molar-refractivity contribution in [3.8, 4) is 0 Å². The molecule has 0 radical (unpaired) electrons. The minimum Gasteiger partial charge on any atom is -0.504 e. The zero-order valence-electron chi connectivity index (χ0n) is 23.7. The molecule has 0 saturated carbocycles. The van der Waals surface area contributed by atoms with Gasteiger partial charge in [0, 0.05) is 11.8 Å². The maximum atomic E-state index is 13.6. The molecule has 1 aliphatic carbocycles. The molecule has 212 valence electrons. The second kappa shape index (κ2) is 12.8. The van der Waals surface area contributed by atoms with Crippen LogP contribution in [-0.4, -0.2) is 47.9 Å². The standard InChI is InChI=1S/C32H36O8/c1-17(2)19-7-11-21(12-8-19)23(15-25(33)39-5)27-29(35)31(37)28(32(38)30(27)36)24(16-26(34)40-6)22-13-9-20(10-14-22)18(3)4/h7-14,17-18,23-24,35,38H,15-16H2,1-6H3. The van der Waals surface area contributed by atoms with Crippen molar-refractivity contribution in [2.75, 3.05) is 14.2 Å². The smallest absolute Gasteiger partial charge is 0.306 e. The number of ketones is 2. The van der Waals surface area contributed by atoms with Gasteiger partial charge in [0.05, 0.1) is 38.2 Å². The Labute approximate surface area is 234 Å². The van der Waals surface area contributed by atoms with Gasteiger partial charge in [-0.1, -0.05) is 76.2 Å². The van der Waals surface area contributed by atoms with Crippen LogP contribution in [0.2, 0.25) is 0 Å². The van der Waals surface area contributed by atoms with Crippen molar-refractivity contribution in [2.45, 2.75) is 64.2 Å². The van der Waals surface area contributed by atoms with Gasteiger partial charge in [-0.15, -0.1) is 0 Å². The molecule has 0 saturated heterocycles. The normalized spacial score (nSPS) is 15.5. The number of benzene rings is 2. The molecule has 0 fully saturated rings. The SMILES string of the molecule is COC(=O)CC(C1=C(O)C(=O)C(C(CC(=O)OC)c2ccc(C(C)C)cc2)=C(O)C1=O)c1ccc(C(C)C)cc1. The number of hydrogen-bond acceptors (Lipinski definition) is 8. The van der Waals surface area contributed by atoms with Crippen molar-refractivity contribution in [1.29, 1.82) is 0 Å².